The van der Waals surface area contributed by atoms with Gasteiger partial charge in [0, 0.05) is 22.4 Å². The van der Waals surface area contributed by atoms with Gasteiger partial charge in [-0.3, -0.25) is 0 Å². The molecule has 1 aliphatic carbocycles. The Morgan fingerprint density at radius 2 is 0.783 bits per heavy atom. The van der Waals surface area contributed by atoms with Crippen LogP contribution in [0.15, 0.2) is 267 Å². The van der Waals surface area contributed by atoms with Crippen LogP contribution >= 0.6 is 0 Å². The van der Waals surface area contributed by atoms with E-state index in [1.54, 1.807) is 0 Å². The van der Waals surface area contributed by atoms with E-state index in [9.17, 15) is 0 Å². The average Bonchev–Trinajstić information content (AvgIpc) is 3.70. The Labute approximate surface area is 403 Å². The maximum absolute atomic E-state index is 2.50. The van der Waals surface area contributed by atoms with E-state index >= 15 is 0 Å². The zero-order valence-corrected chi connectivity index (χ0v) is 38.4. The van der Waals surface area contributed by atoms with Crippen LogP contribution in [0.1, 0.15) is 23.6 Å². The molecule has 12 aromatic rings. The summed E-state index contributed by atoms with van der Waals surface area (Å²) < 4.78 is 0. The van der Waals surface area contributed by atoms with Gasteiger partial charge in [0.05, 0.1) is 5.69 Å². The van der Waals surface area contributed by atoms with Gasteiger partial charge in [-0.05, 0) is 148 Å². The molecule has 0 radical (unpaired) electrons. The first-order chi connectivity index (χ1) is 34.1. The zero-order valence-electron chi connectivity index (χ0n) is 38.4. The van der Waals surface area contributed by atoms with Gasteiger partial charge < -0.3 is 4.90 Å². The standard InChI is InChI=1S/C68H47N/c1-68(54-28-9-4-10-29-54)62-35-16-15-34-60(62)67-63(68)36-19-37-64(67)69(55-30-17-26-50(43-55)52-39-38-46-20-11-12-25-49(46)42-52)56-31-18-27-51(44-56)53-40-41-58-57-32-13-14-33-59(57)65(47-21-5-2-6-22-47)66(61(58)45-53)48-23-7-3-8-24-48/h2-45H,1H3. The fraction of sp³-hybridized carbons (Fsp3) is 0.0294. The highest BCUT2D eigenvalue weighted by atomic mass is 15.1. The van der Waals surface area contributed by atoms with Crippen LogP contribution in [0.5, 0.6) is 0 Å². The fourth-order valence-electron chi connectivity index (χ4n) is 11.4. The molecule has 0 saturated carbocycles. The van der Waals surface area contributed by atoms with Crippen molar-refractivity contribution in [2.24, 2.45) is 0 Å². The van der Waals surface area contributed by atoms with Crippen LogP contribution in [-0.4, -0.2) is 0 Å². The van der Waals surface area contributed by atoms with Gasteiger partial charge in [0.1, 0.15) is 0 Å². The van der Waals surface area contributed by atoms with E-state index in [-0.39, 0.29) is 5.41 Å². The molecule has 12 aromatic carbocycles. The third-order valence-electron chi connectivity index (χ3n) is 14.7. The molecule has 1 heteroatoms. The van der Waals surface area contributed by atoms with Crippen LogP contribution < -0.4 is 4.90 Å². The highest BCUT2D eigenvalue weighted by Gasteiger charge is 2.42. The third-order valence-corrected chi connectivity index (χ3v) is 14.7. The van der Waals surface area contributed by atoms with E-state index in [0.717, 1.165) is 22.6 Å². The summed E-state index contributed by atoms with van der Waals surface area (Å²) in [6, 6.07) is 98.5. The molecule has 1 aliphatic rings. The largest absolute Gasteiger partial charge is 0.310 e. The summed E-state index contributed by atoms with van der Waals surface area (Å²) >= 11 is 0. The second-order valence-corrected chi connectivity index (χ2v) is 18.5. The van der Waals surface area contributed by atoms with E-state index < -0.39 is 0 Å². The Bertz CT molecular complexity index is 3910. The van der Waals surface area contributed by atoms with Crippen molar-refractivity contribution in [2.45, 2.75) is 12.3 Å². The number of benzene rings is 12. The Morgan fingerprint density at radius 3 is 1.49 bits per heavy atom. The monoisotopic (exact) mass is 877 g/mol. The van der Waals surface area contributed by atoms with E-state index in [2.05, 4.69) is 279 Å². The quantitative estimate of drug-likeness (QED) is 0.138. The predicted molar refractivity (Wildman–Crippen MR) is 293 cm³/mol. The van der Waals surface area contributed by atoms with Crippen LogP contribution in [-0.2, 0) is 5.41 Å². The number of hydrogen-bond acceptors (Lipinski definition) is 1. The first-order valence-electron chi connectivity index (χ1n) is 24.0. The topological polar surface area (TPSA) is 3.24 Å². The third kappa shape index (κ3) is 6.69. The molecule has 0 saturated heterocycles. The lowest BCUT2D eigenvalue weighted by Gasteiger charge is -2.31. The molecule has 0 amide bonds. The molecule has 0 aromatic heterocycles. The maximum atomic E-state index is 2.50. The van der Waals surface area contributed by atoms with E-state index in [4.69, 9.17) is 0 Å². The molecular weight excluding hydrogens is 831 g/mol. The van der Waals surface area contributed by atoms with Crippen LogP contribution in [0.3, 0.4) is 0 Å². The van der Waals surface area contributed by atoms with E-state index in [1.165, 1.54) is 99.1 Å². The van der Waals surface area contributed by atoms with Crippen molar-refractivity contribution in [1.82, 2.24) is 0 Å². The first kappa shape index (κ1) is 40.5. The Morgan fingerprint density at radius 1 is 0.290 bits per heavy atom. The van der Waals surface area contributed by atoms with Crippen LogP contribution in [0, 0.1) is 0 Å². The summed E-state index contributed by atoms with van der Waals surface area (Å²) in [7, 11) is 0. The Hall–Kier alpha value is -8.78. The number of hydrogen-bond donors (Lipinski definition) is 0. The second-order valence-electron chi connectivity index (χ2n) is 18.5. The first-order valence-corrected chi connectivity index (χ1v) is 24.0. The number of anilines is 3. The van der Waals surface area contributed by atoms with Crippen molar-refractivity contribution in [3.63, 3.8) is 0 Å². The highest BCUT2D eigenvalue weighted by Crippen LogP contribution is 2.57. The Balaban J connectivity index is 1.04. The lowest BCUT2D eigenvalue weighted by Crippen LogP contribution is -2.22. The zero-order chi connectivity index (χ0) is 45.9. The summed E-state index contributed by atoms with van der Waals surface area (Å²) in [6.07, 6.45) is 0. The van der Waals surface area contributed by atoms with Crippen molar-refractivity contribution >= 4 is 49.4 Å². The minimum atomic E-state index is -0.339. The molecule has 0 fully saturated rings. The van der Waals surface area contributed by atoms with Crippen LogP contribution in [0.4, 0.5) is 17.1 Å². The van der Waals surface area contributed by atoms with Gasteiger partial charge in [0.2, 0.25) is 0 Å². The van der Waals surface area contributed by atoms with Gasteiger partial charge in [-0.15, -0.1) is 0 Å². The van der Waals surface area contributed by atoms with Gasteiger partial charge in [0.25, 0.3) is 0 Å². The number of fused-ring (bicyclic) bond motifs is 7. The summed E-state index contributed by atoms with van der Waals surface area (Å²) in [4.78, 5) is 2.50. The second kappa shape index (κ2) is 16.5. The lowest BCUT2D eigenvalue weighted by molar-refractivity contribution is 0.714. The number of nitrogens with zero attached hydrogens (tertiary/aromatic N) is 1. The van der Waals surface area contributed by atoms with Crippen molar-refractivity contribution in [2.75, 3.05) is 4.90 Å². The summed E-state index contributed by atoms with van der Waals surface area (Å²) in [5.74, 6) is 0. The maximum Gasteiger partial charge on any atom is 0.0543 e. The van der Waals surface area contributed by atoms with Crippen molar-refractivity contribution in [3.05, 3.63) is 284 Å². The molecule has 324 valence electrons. The summed E-state index contributed by atoms with van der Waals surface area (Å²) in [5, 5.41) is 7.47. The molecule has 0 aliphatic heterocycles. The van der Waals surface area contributed by atoms with Gasteiger partial charge in [-0.25, -0.2) is 0 Å². The van der Waals surface area contributed by atoms with Crippen LogP contribution in [0.25, 0.3) is 88.0 Å². The molecule has 0 bridgehead atoms. The fourth-order valence-corrected chi connectivity index (χ4v) is 11.4. The smallest absolute Gasteiger partial charge is 0.0543 e. The minimum absolute atomic E-state index is 0.339. The molecule has 0 heterocycles. The molecular formula is C68H47N. The van der Waals surface area contributed by atoms with Gasteiger partial charge in [-0.2, -0.15) is 0 Å². The van der Waals surface area contributed by atoms with Crippen molar-refractivity contribution in [1.29, 1.82) is 0 Å². The molecule has 13 rings (SSSR count). The molecule has 1 atom stereocenters. The lowest BCUT2D eigenvalue weighted by atomic mass is 9.74. The molecule has 69 heavy (non-hydrogen) atoms. The van der Waals surface area contributed by atoms with Crippen molar-refractivity contribution in [3.8, 4) is 55.6 Å². The van der Waals surface area contributed by atoms with Gasteiger partial charge in [-0.1, -0.05) is 224 Å². The molecule has 0 spiro atoms. The highest BCUT2D eigenvalue weighted by molar-refractivity contribution is 6.22. The van der Waals surface area contributed by atoms with Gasteiger partial charge >= 0.3 is 0 Å². The van der Waals surface area contributed by atoms with E-state index in [0.29, 0.717) is 0 Å². The van der Waals surface area contributed by atoms with Crippen molar-refractivity contribution < 1.29 is 0 Å². The average molecular weight is 878 g/mol. The molecule has 0 N–H and O–H groups in total. The summed E-state index contributed by atoms with van der Waals surface area (Å²) in [6.45, 7) is 2.40. The summed E-state index contributed by atoms with van der Waals surface area (Å²) in [5.41, 5.74) is 19.1. The number of rotatable bonds is 8. The SMILES string of the molecule is CC1(c2ccccc2)c2ccccc2-c2c(N(c3cccc(-c4ccc5ccccc5c4)c3)c3cccc(-c4ccc5c(c4)c(-c4ccccc4)c(-c4ccccc4)c4ccccc45)c3)cccc21. The van der Waals surface area contributed by atoms with E-state index in [1.807, 2.05) is 0 Å². The molecule has 1 nitrogen and oxygen atoms in total. The molecule has 1 unspecified atom stereocenters. The minimum Gasteiger partial charge on any atom is -0.310 e. The Kier molecular flexibility index (Phi) is 9.70. The van der Waals surface area contributed by atoms with Gasteiger partial charge in [0.15, 0.2) is 0 Å². The normalized spacial score (nSPS) is 13.9. The van der Waals surface area contributed by atoms with Crippen LogP contribution in [0.2, 0.25) is 0 Å². The predicted octanol–water partition coefficient (Wildman–Crippen LogP) is 18.6.